The van der Waals surface area contributed by atoms with Crippen LogP contribution in [0, 0.1) is 0 Å². The van der Waals surface area contributed by atoms with Crippen LogP contribution in [0.3, 0.4) is 0 Å². The molecule has 0 bridgehead atoms. The topological polar surface area (TPSA) is 76.1 Å². The Morgan fingerprint density at radius 3 is 2.68 bits per heavy atom. The van der Waals surface area contributed by atoms with Crippen molar-refractivity contribution < 1.29 is 24.2 Å². The van der Waals surface area contributed by atoms with Gasteiger partial charge in [0.25, 0.3) is 0 Å². The number of carboxylic acids is 1. The van der Waals surface area contributed by atoms with E-state index in [4.69, 9.17) is 14.6 Å². The Morgan fingerprint density at radius 1 is 1.24 bits per heavy atom. The van der Waals surface area contributed by atoms with Crippen LogP contribution in [0.2, 0.25) is 0 Å². The predicted octanol–water partition coefficient (Wildman–Crippen LogP) is 2.50. The number of carbonyl (C=O) groups excluding carboxylic acids is 1. The molecule has 1 aliphatic heterocycles. The highest BCUT2D eigenvalue weighted by Gasteiger charge is 2.25. The van der Waals surface area contributed by atoms with E-state index >= 15 is 0 Å². The van der Waals surface area contributed by atoms with E-state index in [0.29, 0.717) is 26.1 Å². The summed E-state index contributed by atoms with van der Waals surface area (Å²) < 4.78 is 10.5. The van der Waals surface area contributed by atoms with Crippen LogP contribution in [-0.4, -0.2) is 54.8 Å². The molecule has 1 amide bonds. The second-order valence-electron chi connectivity index (χ2n) is 6.34. The maximum Gasteiger partial charge on any atom is 0.306 e. The third-order valence-corrected chi connectivity index (χ3v) is 4.41. The highest BCUT2D eigenvalue weighted by Crippen LogP contribution is 2.15. The zero-order chi connectivity index (χ0) is 18.1. The summed E-state index contributed by atoms with van der Waals surface area (Å²) in [6, 6.07) is 8.07. The van der Waals surface area contributed by atoms with E-state index in [1.165, 1.54) is 5.56 Å². The largest absolute Gasteiger partial charge is 0.497 e. The number of aliphatic carboxylic acids is 1. The van der Waals surface area contributed by atoms with E-state index < -0.39 is 5.97 Å². The number of methoxy groups -OCH3 is 1. The lowest BCUT2D eigenvalue weighted by Gasteiger charge is -2.32. The lowest BCUT2D eigenvalue weighted by Crippen LogP contribution is -2.46. The fourth-order valence-corrected chi connectivity index (χ4v) is 3.00. The molecule has 1 aliphatic rings. The standard InChI is InChI=1S/C19H27NO5/c1-24-16-9-7-15(8-10-16)5-3-2-4-6-18(21)20-11-12-25-17(14-20)13-19(22)23/h7-10,17H,2-6,11-14H2,1H3,(H,22,23). The van der Waals surface area contributed by atoms with Gasteiger partial charge in [-0.1, -0.05) is 18.6 Å². The molecule has 0 aromatic heterocycles. The molecule has 1 unspecified atom stereocenters. The first-order valence-corrected chi connectivity index (χ1v) is 8.82. The van der Waals surface area contributed by atoms with Gasteiger partial charge in [0.1, 0.15) is 5.75 Å². The van der Waals surface area contributed by atoms with Crippen LogP contribution >= 0.6 is 0 Å². The first-order valence-electron chi connectivity index (χ1n) is 8.82. The van der Waals surface area contributed by atoms with E-state index in [2.05, 4.69) is 12.1 Å². The van der Waals surface area contributed by atoms with Crippen molar-refractivity contribution in [1.82, 2.24) is 4.90 Å². The Kier molecular flexibility index (Phi) is 7.73. The quantitative estimate of drug-likeness (QED) is 0.693. The van der Waals surface area contributed by atoms with Gasteiger partial charge in [-0.25, -0.2) is 0 Å². The van der Waals surface area contributed by atoms with Gasteiger partial charge in [-0.05, 0) is 37.0 Å². The van der Waals surface area contributed by atoms with E-state index in [-0.39, 0.29) is 18.4 Å². The van der Waals surface area contributed by atoms with E-state index in [1.807, 2.05) is 12.1 Å². The molecule has 1 saturated heterocycles. The summed E-state index contributed by atoms with van der Waals surface area (Å²) in [5, 5.41) is 8.82. The molecule has 1 aromatic rings. The molecular formula is C19H27NO5. The molecule has 1 heterocycles. The fourth-order valence-electron chi connectivity index (χ4n) is 3.00. The molecule has 1 atom stereocenters. The van der Waals surface area contributed by atoms with Gasteiger partial charge >= 0.3 is 5.97 Å². The lowest BCUT2D eigenvalue weighted by atomic mass is 10.1. The first kappa shape index (κ1) is 19.2. The smallest absolute Gasteiger partial charge is 0.306 e. The van der Waals surface area contributed by atoms with Crippen LogP contribution < -0.4 is 4.74 Å². The molecule has 6 nitrogen and oxygen atoms in total. The number of benzene rings is 1. The first-order chi connectivity index (χ1) is 12.1. The Hall–Kier alpha value is -2.08. The SMILES string of the molecule is COc1ccc(CCCCCC(=O)N2CCOC(CC(=O)O)C2)cc1. The number of carboxylic acid groups (broad SMARTS) is 1. The van der Waals surface area contributed by atoms with Crippen molar-refractivity contribution in [2.24, 2.45) is 0 Å². The minimum atomic E-state index is -0.891. The number of amides is 1. The highest BCUT2D eigenvalue weighted by molar-refractivity contribution is 5.76. The zero-order valence-corrected chi connectivity index (χ0v) is 14.8. The summed E-state index contributed by atoms with van der Waals surface area (Å²) in [7, 11) is 1.66. The number of hydrogen-bond donors (Lipinski definition) is 1. The number of nitrogens with zero attached hydrogens (tertiary/aromatic N) is 1. The molecule has 1 N–H and O–H groups in total. The third-order valence-electron chi connectivity index (χ3n) is 4.41. The normalized spacial score (nSPS) is 17.3. The van der Waals surface area contributed by atoms with Crippen LogP contribution in [-0.2, 0) is 20.7 Å². The van der Waals surface area contributed by atoms with Crippen LogP contribution in [0.15, 0.2) is 24.3 Å². The second kappa shape index (κ2) is 10.0. The van der Waals surface area contributed by atoms with Crippen LogP contribution in [0.5, 0.6) is 5.75 Å². The van der Waals surface area contributed by atoms with Crippen molar-refractivity contribution in [3.8, 4) is 5.75 Å². The van der Waals surface area contributed by atoms with Crippen molar-refractivity contribution in [2.75, 3.05) is 26.8 Å². The van der Waals surface area contributed by atoms with Gasteiger partial charge in [-0.15, -0.1) is 0 Å². The van der Waals surface area contributed by atoms with E-state index in [0.717, 1.165) is 31.4 Å². The van der Waals surface area contributed by atoms with Crippen LogP contribution in [0.25, 0.3) is 0 Å². The van der Waals surface area contributed by atoms with Crippen molar-refractivity contribution in [2.45, 2.75) is 44.6 Å². The molecule has 1 fully saturated rings. The molecule has 6 heteroatoms. The zero-order valence-electron chi connectivity index (χ0n) is 14.8. The van der Waals surface area contributed by atoms with Gasteiger partial charge in [0.15, 0.2) is 0 Å². The number of hydrogen-bond acceptors (Lipinski definition) is 4. The summed E-state index contributed by atoms with van der Waals surface area (Å²) in [5.41, 5.74) is 1.27. The maximum absolute atomic E-state index is 12.2. The highest BCUT2D eigenvalue weighted by atomic mass is 16.5. The number of ether oxygens (including phenoxy) is 2. The Labute approximate surface area is 148 Å². The second-order valence-corrected chi connectivity index (χ2v) is 6.34. The number of morpholine rings is 1. The summed E-state index contributed by atoms with van der Waals surface area (Å²) >= 11 is 0. The fraction of sp³-hybridized carbons (Fsp3) is 0.579. The minimum Gasteiger partial charge on any atom is -0.497 e. The number of unbranched alkanes of at least 4 members (excludes halogenated alkanes) is 2. The van der Waals surface area contributed by atoms with E-state index in [9.17, 15) is 9.59 Å². The van der Waals surface area contributed by atoms with Crippen molar-refractivity contribution >= 4 is 11.9 Å². The summed E-state index contributed by atoms with van der Waals surface area (Å²) in [6.45, 7) is 1.36. The maximum atomic E-state index is 12.2. The van der Waals surface area contributed by atoms with E-state index in [1.54, 1.807) is 12.0 Å². The summed E-state index contributed by atoms with van der Waals surface area (Å²) in [5.74, 6) is 0.0713. The Balaban J connectivity index is 1.62. The van der Waals surface area contributed by atoms with Gasteiger partial charge in [-0.2, -0.15) is 0 Å². The minimum absolute atomic E-state index is 0.0500. The summed E-state index contributed by atoms with van der Waals surface area (Å²) in [4.78, 5) is 24.7. The van der Waals surface area contributed by atoms with Gasteiger partial charge < -0.3 is 19.5 Å². The van der Waals surface area contributed by atoms with Gasteiger partial charge in [0.2, 0.25) is 5.91 Å². The molecule has 0 radical (unpaired) electrons. The average Bonchev–Trinajstić information content (AvgIpc) is 2.61. The molecule has 0 saturated carbocycles. The molecule has 0 aliphatic carbocycles. The van der Waals surface area contributed by atoms with Gasteiger partial charge in [-0.3, -0.25) is 9.59 Å². The number of carbonyl (C=O) groups is 2. The molecular weight excluding hydrogens is 322 g/mol. The third kappa shape index (κ3) is 6.74. The molecule has 0 spiro atoms. The van der Waals surface area contributed by atoms with Crippen LogP contribution in [0.1, 0.15) is 37.7 Å². The molecule has 138 valence electrons. The average molecular weight is 349 g/mol. The van der Waals surface area contributed by atoms with Crippen molar-refractivity contribution in [1.29, 1.82) is 0 Å². The van der Waals surface area contributed by atoms with Crippen LogP contribution in [0.4, 0.5) is 0 Å². The monoisotopic (exact) mass is 349 g/mol. The van der Waals surface area contributed by atoms with Crippen molar-refractivity contribution in [3.05, 3.63) is 29.8 Å². The lowest BCUT2D eigenvalue weighted by molar-refractivity contribution is -0.147. The number of aryl methyl sites for hydroxylation is 1. The molecule has 25 heavy (non-hydrogen) atoms. The molecule has 1 aromatic carbocycles. The van der Waals surface area contributed by atoms with Gasteiger partial charge in [0.05, 0.1) is 26.2 Å². The molecule has 2 rings (SSSR count). The van der Waals surface area contributed by atoms with Crippen molar-refractivity contribution in [3.63, 3.8) is 0 Å². The number of rotatable bonds is 9. The van der Waals surface area contributed by atoms with Gasteiger partial charge in [0, 0.05) is 19.5 Å². The summed E-state index contributed by atoms with van der Waals surface area (Å²) in [6.07, 6.45) is 3.98. The Morgan fingerprint density at radius 2 is 2.00 bits per heavy atom. The predicted molar refractivity (Wildman–Crippen MR) is 93.7 cm³/mol. The Bertz CT molecular complexity index is 557.